The molecule has 9 heteroatoms. The molecule has 1 amide bonds. The van der Waals surface area contributed by atoms with Crippen LogP contribution in [0.2, 0.25) is 0 Å². The Morgan fingerprint density at radius 2 is 1.81 bits per heavy atom. The van der Waals surface area contributed by atoms with Crippen molar-refractivity contribution in [1.82, 2.24) is 0 Å². The summed E-state index contributed by atoms with van der Waals surface area (Å²) in [7, 11) is 1.46. The second kappa shape index (κ2) is 11.5. The third kappa shape index (κ3) is 6.73. The van der Waals surface area contributed by atoms with Gasteiger partial charge in [0.25, 0.3) is 0 Å². The van der Waals surface area contributed by atoms with Gasteiger partial charge in [-0.25, -0.2) is 4.79 Å². The fourth-order valence-corrected chi connectivity index (χ4v) is 3.68. The van der Waals surface area contributed by atoms with Gasteiger partial charge in [-0.2, -0.15) is 0 Å². The van der Waals surface area contributed by atoms with Crippen LogP contribution < -0.4 is 10.1 Å². The molecule has 166 valence electrons. The molecule has 0 aliphatic heterocycles. The van der Waals surface area contributed by atoms with E-state index in [0.717, 1.165) is 10.2 Å². The van der Waals surface area contributed by atoms with Crippen LogP contribution in [-0.2, 0) is 15.3 Å². The number of methoxy groups -OCH3 is 1. The predicted octanol–water partition coefficient (Wildman–Crippen LogP) is 4.96. The summed E-state index contributed by atoms with van der Waals surface area (Å²) in [5.74, 6) is 0.689. The highest BCUT2D eigenvalue weighted by Gasteiger charge is 2.16. The highest BCUT2D eigenvalue weighted by atomic mass is 79.9. The summed E-state index contributed by atoms with van der Waals surface area (Å²) >= 11 is 4.70. The number of carbonyl (C=O) groups excluding carboxylic acids is 3. The molecule has 0 aliphatic rings. The first-order valence-electron chi connectivity index (χ1n) is 9.50. The smallest absolute Gasteiger partial charge is 0.338 e. The van der Waals surface area contributed by atoms with Gasteiger partial charge in [-0.3, -0.25) is 9.59 Å². The van der Waals surface area contributed by atoms with Crippen LogP contribution in [0.25, 0.3) is 0 Å². The van der Waals surface area contributed by atoms with Crippen LogP contribution >= 0.6 is 27.7 Å². The number of carbonyl (C=O) groups is 3. The van der Waals surface area contributed by atoms with E-state index in [4.69, 9.17) is 13.9 Å². The lowest BCUT2D eigenvalue weighted by atomic mass is 10.1. The number of rotatable bonds is 10. The number of nitrogens with one attached hydrogen (secondary N) is 1. The third-order valence-corrected chi connectivity index (χ3v) is 5.75. The van der Waals surface area contributed by atoms with Gasteiger partial charge in [-0.05, 0) is 42.5 Å². The quantitative estimate of drug-likeness (QED) is 0.299. The second-order valence-electron chi connectivity index (χ2n) is 6.54. The molecule has 0 bridgehead atoms. The minimum atomic E-state index is -0.680. The number of hydrogen-bond donors (Lipinski definition) is 1. The maximum Gasteiger partial charge on any atom is 0.338 e. The van der Waals surface area contributed by atoms with Gasteiger partial charge in [0.1, 0.15) is 11.5 Å². The first kappa shape index (κ1) is 23.6. The minimum Gasteiger partial charge on any atom is -0.495 e. The topological polar surface area (TPSA) is 94.8 Å². The van der Waals surface area contributed by atoms with E-state index >= 15 is 0 Å². The van der Waals surface area contributed by atoms with Crippen molar-refractivity contribution in [3.8, 4) is 5.75 Å². The van der Waals surface area contributed by atoms with Crippen molar-refractivity contribution in [3.63, 3.8) is 0 Å². The zero-order valence-corrected chi connectivity index (χ0v) is 19.5. The number of halogens is 1. The lowest BCUT2D eigenvalue weighted by Crippen LogP contribution is -2.17. The van der Waals surface area contributed by atoms with Crippen molar-refractivity contribution >= 4 is 51.0 Å². The van der Waals surface area contributed by atoms with Crippen LogP contribution in [0.4, 0.5) is 5.69 Å². The molecular formula is C23H20BrNO6S. The summed E-state index contributed by atoms with van der Waals surface area (Å²) in [6, 6.07) is 14.9. The summed E-state index contributed by atoms with van der Waals surface area (Å²) in [6.07, 6.45) is 1.58. The van der Waals surface area contributed by atoms with Crippen molar-refractivity contribution in [2.75, 3.05) is 24.8 Å². The van der Waals surface area contributed by atoms with E-state index in [1.807, 2.05) is 6.07 Å². The van der Waals surface area contributed by atoms with Gasteiger partial charge in [-0.15, -0.1) is 11.8 Å². The molecule has 1 heterocycles. The van der Waals surface area contributed by atoms with Crippen LogP contribution in [0.3, 0.4) is 0 Å². The summed E-state index contributed by atoms with van der Waals surface area (Å²) in [5, 5.41) is 2.74. The normalized spacial score (nSPS) is 10.4. The molecule has 1 N–H and O–H groups in total. The molecule has 0 spiro atoms. The molecule has 0 saturated carbocycles. The first-order valence-corrected chi connectivity index (χ1v) is 11.4. The molecule has 7 nitrogen and oxygen atoms in total. The molecule has 0 unspecified atom stereocenters. The van der Waals surface area contributed by atoms with E-state index in [2.05, 4.69) is 21.2 Å². The number of benzene rings is 2. The molecule has 0 radical (unpaired) electrons. The van der Waals surface area contributed by atoms with Gasteiger partial charge in [0.2, 0.25) is 5.91 Å². The summed E-state index contributed by atoms with van der Waals surface area (Å²) in [5.41, 5.74) is 0.966. The number of furan rings is 1. The number of ether oxygens (including phenoxy) is 2. The molecule has 0 fully saturated rings. The van der Waals surface area contributed by atoms with Gasteiger partial charge >= 0.3 is 5.97 Å². The molecular weight excluding hydrogens is 498 g/mol. The molecule has 32 heavy (non-hydrogen) atoms. The molecule has 1 aromatic heterocycles. The van der Waals surface area contributed by atoms with E-state index < -0.39 is 12.6 Å². The highest BCUT2D eigenvalue weighted by molar-refractivity contribution is 9.10. The Hall–Kier alpha value is -3.04. The second-order valence-corrected chi connectivity index (χ2v) is 8.44. The fourth-order valence-electron chi connectivity index (χ4n) is 2.69. The Balaban J connectivity index is 1.57. The SMILES string of the molecule is COc1ccc(C(=O)OCC(=O)c2ccc(Br)cc2)cc1NC(=O)CSCc1ccco1. The van der Waals surface area contributed by atoms with Crippen LogP contribution in [0, 0.1) is 0 Å². The average Bonchev–Trinajstić information content (AvgIpc) is 3.31. The van der Waals surface area contributed by atoms with Crippen molar-refractivity contribution in [2.24, 2.45) is 0 Å². The molecule has 2 aromatic carbocycles. The van der Waals surface area contributed by atoms with E-state index in [-0.39, 0.29) is 23.0 Å². The van der Waals surface area contributed by atoms with Crippen molar-refractivity contribution in [3.05, 3.63) is 82.2 Å². The maximum absolute atomic E-state index is 12.4. The Kier molecular flexibility index (Phi) is 8.52. The van der Waals surface area contributed by atoms with Gasteiger partial charge in [0.15, 0.2) is 12.4 Å². The largest absolute Gasteiger partial charge is 0.495 e. The molecule has 3 rings (SSSR count). The highest BCUT2D eigenvalue weighted by Crippen LogP contribution is 2.26. The number of anilines is 1. The Morgan fingerprint density at radius 1 is 1.06 bits per heavy atom. The van der Waals surface area contributed by atoms with Crippen LogP contribution in [0.1, 0.15) is 26.5 Å². The van der Waals surface area contributed by atoms with Gasteiger partial charge < -0.3 is 19.2 Å². The third-order valence-electron chi connectivity index (χ3n) is 4.27. The van der Waals surface area contributed by atoms with Crippen molar-refractivity contribution in [1.29, 1.82) is 0 Å². The standard InChI is InChI=1S/C23H20BrNO6S/c1-29-21-9-6-16(23(28)31-12-20(26)15-4-7-17(24)8-5-15)11-19(21)25-22(27)14-32-13-18-3-2-10-30-18/h2-11H,12-14H2,1H3,(H,25,27). The Labute approximate surface area is 197 Å². The Morgan fingerprint density at radius 3 is 2.50 bits per heavy atom. The monoisotopic (exact) mass is 517 g/mol. The average molecular weight is 518 g/mol. The van der Waals surface area contributed by atoms with E-state index in [1.54, 1.807) is 42.7 Å². The lowest BCUT2D eigenvalue weighted by molar-refractivity contribution is -0.113. The first-order chi connectivity index (χ1) is 15.5. The van der Waals surface area contributed by atoms with Crippen LogP contribution in [0.15, 0.2) is 69.8 Å². The molecule has 3 aromatic rings. The van der Waals surface area contributed by atoms with Gasteiger partial charge in [0, 0.05) is 10.0 Å². The molecule has 0 atom stereocenters. The number of hydrogen-bond acceptors (Lipinski definition) is 7. The maximum atomic E-state index is 12.4. The number of ketones is 1. The van der Waals surface area contributed by atoms with Crippen LogP contribution in [0.5, 0.6) is 5.75 Å². The summed E-state index contributed by atoms with van der Waals surface area (Å²) < 4.78 is 16.5. The summed E-state index contributed by atoms with van der Waals surface area (Å²) in [4.78, 5) is 36.9. The molecule has 0 saturated heterocycles. The van der Waals surface area contributed by atoms with E-state index in [1.165, 1.54) is 31.0 Å². The van der Waals surface area contributed by atoms with Gasteiger partial charge in [0.05, 0.1) is 36.1 Å². The number of thioether (sulfide) groups is 1. The molecule has 0 aliphatic carbocycles. The zero-order valence-electron chi connectivity index (χ0n) is 17.1. The number of amides is 1. The number of Topliss-reactive ketones (excluding diaryl/α,β-unsaturated/α-hetero) is 1. The van der Waals surface area contributed by atoms with Gasteiger partial charge in [-0.1, -0.05) is 28.1 Å². The summed E-state index contributed by atoms with van der Waals surface area (Å²) in [6.45, 7) is -0.391. The predicted molar refractivity (Wildman–Crippen MR) is 125 cm³/mol. The fraction of sp³-hybridized carbons (Fsp3) is 0.174. The van der Waals surface area contributed by atoms with Crippen molar-refractivity contribution in [2.45, 2.75) is 5.75 Å². The van der Waals surface area contributed by atoms with Crippen molar-refractivity contribution < 1.29 is 28.3 Å². The number of esters is 1. The lowest BCUT2D eigenvalue weighted by Gasteiger charge is -2.12. The van der Waals surface area contributed by atoms with E-state index in [9.17, 15) is 14.4 Å². The Bertz CT molecular complexity index is 1080. The van der Waals surface area contributed by atoms with Crippen LogP contribution in [-0.4, -0.2) is 37.1 Å². The zero-order chi connectivity index (χ0) is 22.9. The van der Waals surface area contributed by atoms with E-state index in [0.29, 0.717) is 22.8 Å². The minimum absolute atomic E-state index is 0.188.